The summed E-state index contributed by atoms with van der Waals surface area (Å²) in [5.74, 6) is -0.805. The largest absolute Gasteiger partial charge is 0.481 e. The molecule has 1 rings (SSSR count). The molecule has 0 aromatic heterocycles. The van der Waals surface area contributed by atoms with E-state index in [1.165, 1.54) is 12.0 Å². The number of aliphatic carboxylic acids is 1. The van der Waals surface area contributed by atoms with Crippen LogP contribution in [0.2, 0.25) is 0 Å². The van der Waals surface area contributed by atoms with Gasteiger partial charge >= 0.3 is 5.97 Å². The van der Waals surface area contributed by atoms with Gasteiger partial charge in [-0.3, -0.25) is 9.59 Å². The minimum absolute atomic E-state index is 0.218. The van der Waals surface area contributed by atoms with Crippen LogP contribution < -0.4 is 4.74 Å². The molecular weight excluding hydrogens is 286 g/mol. The number of carbonyl (C=O) groups is 2. The average molecular weight is 309 g/mol. The third kappa shape index (κ3) is 5.73. The minimum Gasteiger partial charge on any atom is -0.481 e. The SMILES string of the molecule is CCC(Oc1cccc(C)c1)C(=O)N(CCOC)CC(=O)O. The number of methoxy groups -OCH3 is 1. The maximum Gasteiger partial charge on any atom is 0.323 e. The molecule has 0 bridgehead atoms. The Morgan fingerprint density at radius 1 is 1.36 bits per heavy atom. The van der Waals surface area contributed by atoms with Crippen LogP contribution in [0.3, 0.4) is 0 Å². The van der Waals surface area contributed by atoms with Crippen molar-refractivity contribution >= 4 is 11.9 Å². The molecule has 1 aromatic carbocycles. The molecule has 1 atom stereocenters. The van der Waals surface area contributed by atoms with Crippen molar-refractivity contribution in [2.24, 2.45) is 0 Å². The number of carboxylic acids is 1. The molecule has 6 nitrogen and oxygen atoms in total. The van der Waals surface area contributed by atoms with E-state index in [-0.39, 0.29) is 25.6 Å². The number of carbonyl (C=O) groups excluding carboxylic acids is 1. The highest BCUT2D eigenvalue weighted by Gasteiger charge is 2.26. The van der Waals surface area contributed by atoms with Crippen LogP contribution in [0.4, 0.5) is 0 Å². The number of rotatable bonds is 9. The van der Waals surface area contributed by atoms with Crippen LogP contribution in [0, 0.1) is 6.92 Å². The second kappa shape index (κ2) is 9.04. The number of hydrogen-bond donors (Lipinski definition) is 1. The van der Waals surface area contributed by atoms with Crippen LogP contribution in [-0.4, -0.2) is 54.8 Å². The maximum absolute atomic E-state index is 12.5. The number of nitrogens with zero attached hydrogens (tertiary/aromatic N) is 1. The number of amides is 1. The fourth-order valence-corrected chi connectivity index (χ4v) is 2.00. The van der Waals surface area contributed by atoms with E-state index in [1.54, 1.807) is 6.07 Å². The van der Waals surface area contributed by atoms with Gasteiger partial charge < -0.3 is 19.5 Å². The van der Waals surface area contributed by atoms with E-state index in [1.807, 2.05) is 32.0 Å². The molecule has 0 saturated heterocycles. The van der Waals surface area contributed by atoms with Crippen LogP contribution in [0.1, 0.15) is 18.9 Å². The van der Waals surface area contributed by atoms with Gasteiger partial charge in [0.15, 0.2) is 6.10 Å². The highest BCUT2D eigenvalue weighted by molar-refractivity contribution is 5.84. The van der Waals surface area contributed by atoms with E-state index in [0.717, 1.165) is 5.56 Å². The maximum atomic E-state index is 12.5. The fourth-order valence-electron chi connectivity index (χ4n) is 2.00. The molecule has 1 unspecified atom stereocenters. The number of hydrogen-bond acceptors (Lipinski definition) is 4. The quantitative estimate of drug-likeness (QED) is 0.751. The summed E-state index contributed by atoms with van der Waals surface area (Å²) in [6.45, 7) is 3.89. The first-order valence-corrected chi connectivity index (χ1v) is 7.20. The van der Waals surface area contributed by atoms with Crippen LogP contribution in [0.25, 0.3) is 0 Å². The molecule has 1 amide bonds. The Morgan fingerprint density at radius 2 is 2.09 bits per heavy atom. The summed E-state index contributed by atoms with van der Waals surface area (Å²) >= 11 is 0. The standard InChI is InChI=1S/C16H23NO5/c1-4-14(22-13-7-5-6-12(2)10-13)16(20)17(8-9-21-3)11-15(18)19/h5-7,10,14H,4,8-9,11H2,1-3H3,(H,18,19). The lowest BCUT2D eigenvalue weighted by molar-refractivity contribution is -0.148. The summed E-state index contributed by atoms with van der Waals surface area (Å²) in [6, 6.07) is 7.40. The Morgan fingerprint density at radius 3 is 2.64 bits per heavy atom. The summed E-state index contributed by atoms with van der Waals surface area (Å²) < 4.78 is 10.6. The summed E-state index contributed by atoms with van der Waals surface area (Å²) in [5.41, 5.74) is 1.03. The van der Waals surface area contributed by atoms with Gasteiger partial charge in [0.25, 0.3) is 5.91 Å². The summed E-state index contributed by atoms with van der Waals surface area (Å²) in [7, 11) is 1.50. The van der Waals surface area contributed by atoms with Crippen molar-refractivity contribution in [3.8, 4) is 5.75 Å². The van der Waals surface area contributed by atoms with Crippen molar-refractivity contribution < 1.29 is 24.2 Å². The number of benzene rings is 1. The predicted molar refractivity (Wildman–Crippen MR) is 82.0 cm³/mol. The molecule has 22 heavy (non-hydrogen) atoms. The van der Waals surface area contributed by atoms with Crippen LogP contribution in [0.15, 0.2) is 24.3 Å². The second-order valence-corrected chi connectivity index (χ2v) is 4.98. The molecule has 1 N–H and O–H groups in total. The molecule has 0 aliphatic rings. The van der Waals surface area contributed by atoms with Gasteiger partial charge in [-0.05, 0) is 31.0 Å². The molecule has 0 radical (unpaired) electrons. The molecule has 122 valence electrons. The van der Waals surface area contributed by atoms with Crippen LogP contribution in [0.5, 0.6) is 5.75 Å². The third-order valence-corrected chi connectivity index (χ3v) is 3.12. The molecule has 0 fully saturated rings. The molecule has 0 heterocycles. The van der Waals surface area contributed by atoms with Crippen molar-refractivity contribution in [2.75, 3.05) is 26.8 Å². The van der Waals surface area contributed by atoms with E-state index in [9.17, 15) is 9.59 Å². The van der Waals surface area contributed by atoms with Crippen molar-refractivity contribution in [3.63, 3.8) is 0 Å². The molecule has 0 aliphatic heterocycles. The summed E-state index contributed by atoms with van der Waals surface area (Å²) in [4.78, 5) is 24.6. The van der Waals surface area contributed by atoms with E-state index >= 15 is 0 Å². The number of ether oxygens (including phenoxy) is 2. The van der Waals surface area contributed by atoms with Crippen molar-refractivity contribution in [1.82, 2.24) is 4.90 Å². The van der Waals surface area contributed by atoms with Gasteiger partial charge in [-0.25, -0.2) is 0 Å². The number of aryl methyl sites for hydroxylation is 1. The van der Waals surface area contributed by atoms with E-state index in [0.29, 0.717) is 12.2 Å². The van der Waals surface area contributed by atoms with E-state index in [4.69, 9.17) is 14.6 Å². The Balaban J connectivity index is 2.80. The number of carboxylic acid groups (broad SMARTS) is 1. The van der Waals surface area contributed by atoms with Gasteiger partial charge in [-0.1, -0.05) is 19.1 Å². The monoisotopic (exact) mass is 309 g/mol. The highest BCUT2D eigenvalue weighted by Crippen LogP contribution is 2.16. The topological polar surface area (TPSA) is 76.1 Å². The summed E-state index contributed by atoms with van der Waals surface area (Å²) in [6.07, 6.45) is -0.256. The van der Waals surface area contributed by atoms with E-state index < -0.39 is 12.1 Å². The molecule has 1 aromatic rings. The van der Waals surface area contributed by atoms with Crippen molar-refractivity contribution in [2.45, 2.75) is 26.4 Å². The van der Waals surface area contributed by atoms with Gasteiger partial charge in [0.1, 0.15) is 12.3 Å². The van der Waals surface area contributed by atoms with Gasteiger partial charge in [0.2, 0.25) is 0 Å². The first-order chi connectivity index (χ1) is 10.5. The summed E-state index contributed by atoms with van der Waals surface area (Å²) in [5, 5.41) is 8.94. The molecule has 6 heteroatoms. The molecule has 0 spiro atoms. The first-order valence-electron chi connectivity index (χ1n) is 7.20. The molecular formula is C16H23NO5. The Hall–Kier alpha value is -2.08. The predicted octanol–water partition coefficient (Wildman–Crippen LogP) is 1.71. The van der Waals surface area contributed by atoms with Crippen LogP contribution in [-0.2, 0) is 14.3 Å². The van der Waals surface area contributed by atoms with Gasteiger partial charge in [-0.2, -0.15) is 0 Å². The van der Waals surface area contributed by atoms with Gasteiger partial charge in [-0.15, -0.1) is 0 Å². The zero-order valence-corrected chi connectivity index (χ0v) is 13.2. The average Bonchev–Trinajstić information content (AvgIpc) is 2.48. The smallest absolute Gasteiger partial charge is 0.323 e. The minimum atomic E-state index is -1.06. The lowest BCUT2D eigenvalue weighted by atomic mass is 10.2. The van der Waals surface area contributed by atoms with E-state index in [2.05, 4.69) is 0 Å². The first kappa shape index (κ1) is 18.0. The lowest BCUT2D eigenvalue weighted by Gasteiger charge is -2.25. The van der Waals surface area contributed by atoms with Crippen molar-refractivity contribution in [3.05, 3.63) is 29.8 Å². The second-order valence-electron chi connectivity index (χ2n) is 4.98. The lowest BCUT2D eigenvalue weighted by Crippen LogP contribution is -2.45. The Labute approximate surface area is 130 Å². The highest BCUT2D eigenvalue weighted by atomic mass is 16.5. The molecule has 0 saturated carbocycles. The fraction of sp³-hybridized carbons (Fsp3) is 0.500. The molecule has 0 aliphatic carbocycles. The zero-order valence-electron chi connectivity index (χ0n) is 13.2. The van der Waals surface area contributed by atoms with Gasteiger partial charge in [0, 0.05) is 13.7 Å². The Bertz CT molecular complexity index is 503. The van der Waals surface area contributed by atoms with Crippen molar-refractivity contribution in [1.29, 1.82) is 0 Å². The third-order valence-electron chi connectivity index (χ3n) is 3.12. The normalized spacial score (nSPS) is 11.8. The zero-order chi connectivity index (χ0) is 16.5. The Kier molecular flexibility index (Phi) is 7.39. The van der Waals surface area contributed by atoms with Gasteiger partial charge in [0.05, 0.1) is 6.61 Å². The van der Waals surface area contributed by atoms with Crippen LogP contribution >= 0.6 is 0 Å².